The van der Waals surface area contributed by atoms with Crippen molar-refractivity contribution in [3.8, 4) is 6.07 Å². The van der Waals surface area contributed by atoms with Gasteiger partial charge < -0.3 is 10.2 Å². The summed E-state index contributed by atoms with van der Waals surface area (Å²) in [6.45, 7) is 4.10. The van der Waals surface area contributed by atoms with Crippen LogP contribution in [0.3, 0.4) is 0 Å². The second kappa shape index (κ2) is 4.92. The molecular weight excluding hydrogens is 190 g/mol. The van der Waals surface area contributed by atoms with Gasteiger partial charge >= 0.3 is 0 Å². The van der Waals surface area contributed by atoms with Crippen molar-refractivity contribution in [2.24, 2.45) is 0 Å². The molecule has 0 spiro atoms. The molecule has 1 rings (SSSR count). The van der Waals surface area contributed by atoms with Gasteiger partial charge in [-0.1, -0.05) is 38.1 Å². The van der Waals surface area contributed by atoms with Crippen molar-refractivity contribution in [1.29, 1.82) is 5.26 Å². The minimum absolute atomic E-state index is 0.358. The van der Waals surface area contributed by atoms with E-state index in [2.05, 4.69) is 0 Å². The second-order valence-corrected chi connectivity index (χ2v) is 3.84. The van der Waals surface area contributed by atoms with E-state index in [4.69, 9.17) is 5.26 Å². The highest BCUT2D eigenvalue weighted by Crippen LogP contribution is 2.21. The normalized spacial score (nSPS) is 14.7. The number of nitriles is 1. The van der Waals surface area contributed by atoms with Crippen LogP contribution in [0.2, 0.25) is 0 Å². The number of aliphatic hydroxyl groups is 2. The summed E-state index contributed by atoms with van der Waals surface area (Å²) in [4.78, 5) is 0. The molecule has 0 aliphatic carbocycles. The lowest BCUT2D eigenvalue weighted by molar-refractivity contribution is 0.0527. The van der Waals surface area contributed by atoms with Crippen LogP contribution in [0.1, 0.15) is 37.0 Å². The molecule has 0 saturated heterocycles. The molecule has 3 heteroatoms. The fourth-order valence-electron chi connectivity index (χ4n) is 1.35. The fraction of sp³-hybridized carbons (Fsp3) is 0.417. The van der Waals surface area contributed by atoms with Crippen molar-refractivity contribution in [1.82, 2.24) is 0 Å². The quantitative estimate of drug-likeness (QED) is 0.738. The molecule has 2 N–H and O–H groups in total. The van der Waals surface area contributed by atoms with Gasteiger partial charge in [-0.3, -0.25) is 0 Å². The van der Waals surface area contributed by atoms with Crippen LogP contribution in [-0.4, -0.2) is 16.3 Å². The Labute approximate surface area is 89.6 Å². The molecule has 0 heterocycles. The molecule has 80 valence electrons. The van der Waals surface area contributed by atoms with Gasteiger partial charge in [-0.05, 0) is 17.0 Å². The van der Waals surface area contributed by atoms with Crippen molar-refractivity contribution < 1.29 is 10.2 Å². The van der Waals surface area contributed by atoms with Crippen LogP contribution in [0.25, 0.3) is 0 Å². The van der Waals surface area contributed by atoms with Crippen molar-refractivity contribution in [3.63, 3.8) is 0 Å². The summed E-state index contributed by atoms with van der Waals surface area (Å²) in [7, 11) is 0. The zero-order valence-corrected chi connectivity index (χ0v) is 8.88. The lowest BCUT2D eigenvalue weighted by atomic mass is 9.97. The number of aliphatic hydroxyl groups excluding tert-OH is 2. The third-order valence-corrected chi connectivity index (χ3v) is 2.35. The summed E-state index contributed by atoms with van der Waals surface area (Å²) < 4.78 is 0. The van der Waals surface area contributed by atoms with Crippen LogP contribution in [0.5, 0.6) is 0 Å². The molecule has 0 aromatic heterocycles. The highest BCUT2D eigenvalue weighted by molar-refractivity contribution is 5.28. The van der Waals surface area contributed by atoms with Gasteiger partial charge in [0.15, 0.2) is 6.10 Å². The van der Waals surface area contributed by atoms with E-state index >= 15 is 0 Å². The maximum atomic E-state index is 9.62. The van der Waals surface area contributed by atoms with Gasteiger partial charge in [0.1, 0.15) is 6.10 Å². The third kappa shape index (κ3) is 2.79. The first-order valence-electron chi connectivity index (χ1n) is 4.92. The molecule has 0 fully saturated rings. The molecule has 1 aromatic rings. The summed E-state index contributed by atoms with van der Waals surface area (Å²) in [5.74, 6) is 0.358. The van der Waals surface area contributed by atoms with Crippen molar-refractivity contribution in [2.75, 3.05) is 0 Å². The summed E-state index contributed by atoms with van der Waals surface area (Å²) >= 11 is 0. The lowest BCUT2D eigenvalue weighted by Gasteiger charge is -2.14. The summed E-state index contributed by atoms with van der Waals surface area (Å²) in [5.41, 5.74) is 1.66. The van der Waals surface area contributed by atoms with Crippen LogP contribution in [0, 0.1) is 11.3 Å². The Morgan fingerprint density at radius 2 is 1.80 bits per heavy atom. The molecule has 15 heavy (non-hydrogen) atoms. The largest absolute Gasteiger partial charge is 0.385 e. The van der Waals surface area contributed by atoms with Crippen LogP contribution in [0.15, 0.2) is 24.3 Å². The van der Waals surface area contributed by atoms with Crippen LogP contribution in [0.4, 0.5) is 0 Å². The smallest absolute Gasteiger partial charge is 0.170 e. The zero-order chi connectivity index (χ0) is 11.4. The van der Waals surface area contributed by atoms with E-state index in [1.807, 2.05) is 32.0 Å². The Bertz CT molecular complexity index is 368. The lowest BCUT2D eigenvalue weighted by Crippen LogP contribution is -2.15. The first-order chi connectivity index (χ1) is 7.06. The van der Waals surface area contributed by atoms with E-state index in [-0.39, 0.29) is 0 Å². The minimum atomic E-state index is -1.37. The zero-order valence-electron chi connectivity index (χ0n) is 8.88. The van der Waals surface area contributed by atoms with E-state index < -0.39 is 12.2 Å². The molecular formula is C12H15NO2. The molecule has 2 unspecified atom stereocenters. The Morgan fingerprint density at radius 3 is 2.33 bits per heavy atom. The molecule has 2 atom stereocenters. The Hall–Kier alpha value is -1.37. The maximum Gasteiger partial charge on any atom is 0.170 e. The molecule has 0 aliphatic heterocycles. The predicted molar refractivity (Wildman–Crippen MR) is 57.1 cm³/mol. The van der Waals surface area contributed by atoms with E-state index in [1.54, 1.807) is 12.1 Å². The van der Waals surface area contributed by atoms with Crippen molar-refractivity contribution in [2.45, 2.75) is 32.0 Å². The molecule has 0 amide bonds. The van der Waals surface area contributed by atoms with Gasteiger partial charge in [0.05, 0.1) is 6.07 Å². The molecule has 1 aromatic carbocycles. The molecule has 3 nitrogen and oxygen atoms in total. The topological polar surface area (TPSA) is 64.2 Å². The molecule has 0 saturated carbocycles. The fourth-order valence-corrected chi connectivity index (χ4v) is 1.35. The maximum absolute atomic E-state index is 9.62. The summed E-state index contributed by atoms with van der Waals surface area (Å²) in [6.07, 6.45) is -2.50. The van der Waals surface area contributed by atoms with E-state index in [9.17, 15) is 10.2 Å². The highest BCUT2D eigenvalue weighted by atomic mass is 16.3. The van der Waals surface area contributed by atoms with Gasteiger partial charge in [-0.15, -0.1) is 0 Å². The summed E-state index contributed by atoms with van der Waals surface area (Å²) in [5, 5.41) is 27.3. The number of hydrogen-bond donors (Lipinski definition) is 2. The van der Waals surface area contributed by atoms with E-state index in [0.29, 0.717) is 11.5 Å². The molecule has 0 aliphatic rings. The first-order valence-corrected chi connectivity index (χ1v) is 4.92. The third-order valence-electron chi connectivity index (χ3n) is 2.35. The van der Waals surface area contributed by atoms with Crippen molar-refractivity contribution in [3.05, 3.63) is 35.4 Å². The van der Waals surface area contributed by atoms with Gasteiger partial charge in [0.2, 0.25) is 0 Å². The summed E-state index contributed by atoms with van der Waals surface area (Å²) in [6, 6.07) is 8.91. The van der Waals surface area contributed by atoms with Crippen LogP contribution in [-0.2, 0) is 0 Å². The standard InChI is InChI=1S/C12H15NO2/c1-8(2)9-4-3-5-10(6-9)12(15)11(14)7-13/h3-6,8,11-12,14-15H,1-2H3. The SMILES string of the molecule is CC(C)c1cccc(C(O)C(O)C#N)c1. The Kier molecular flexibility index (Phi) is 3.84. The van der Waals surface area contributed by atoms with Gasteiger partial charge in [-0.25, -0.2) is 0 Å². The average molecular weight is 205 g/mol. The number of benzene rings is 1. The first kappa shape index (κ1) is 11.7. The Balaban J connectivity index is 2.96. The molecule has 0 radical (unpaired) electrons. The van der Waals surface area contributed by atoms with E-state index in [0.717, 1.165) is 5.56 Å². The van der Waals surface area contributed by atoms with Crippen molar-refractivity contribution >= 4 is 0 Å². The van der Waals surface area contributed by atoms with Gasteiger partial charge in [-0.2, -0.15) is 5.26 Å². The van der Waals surface area contributed by atoms with Gasteiger partial charge in [0, 0.05) is 0 Å². The van der Waals surface area contributed by atoms with Crippen LogP contribution >= 0.6 is 0 Å². The monoisotopic (exact) mass is 205 g/mol. The van der Waals surface area contributed by atoms with E-state index in [1.165, 1.54) is 0 Å². The predicted octanol–water partition coefficient (Wildman–Crippen LogP) is 1.73. The second-order valence-electron chi connectivity index (χ2n) is 3.84. The Morgan fingerprint density at radius 1 is 1.20 bits per heavy atom. The number of nitrogens with zero attached hydrogens (tertiary/aromatic N) is 1. The highest BCUT2D eigenvalue weighted by Gasteiger charge is 2.17. The minimum Gasteiger partial charge on any atom is -0.385 e. The number of rotatable bonds is 3. The van der Waals surface area contributed by atoms with Crippen LogP contribution < -0.4 is 0 Å². The number of hydrogen-bond acceptors (Lipinski definition) is 3. The van der Waals surface area contributed by atoms with Gasteiger partial charge in [0.25, 0.3) is 0 Å². The molecule has 0 bridgehead atoms. The average Bonchev–Trinajstić information content (AvgIpc) is 2.27.